The van der Waals surface area contributed by atoms with Crippen LogP contribution in [0.4, 0.5) is 17.3 Å². The van der Waals surface area contributed by atoms with Crippen molar-refractivity contribution in [3.8, 4) is 22.8 Å². The van der Waals surface area contributed by atoms with Gasteiger partial charge in [0.05, 0.1) is 18.5 Å². The molecule has 0 aliphatic heterocycles. The summed E-state index contributed by atoms with van der Waals surface area (Å²) in [7, 11) is 1.56. The number of nitrogens with one attached hydrogen (secondary N) is 2. The van der Waals surface area contributed by atoms with Gasteiger partial charge in [0.2, 0.25) is 5.95 Å². The van der Waals surface area contributed by atoms with Crippen molar-refractivity contribution in [2.45, 2.75) is 0 Å². The molecule has 166 valence electrons. The van der Waals surface area contributed by atoms with Crippen LogP contribution in [-0.2, 0) is 4.79 Å². The van der Waals surface area contributed by atoms with Gasteiger partial charge in [-0.3, -0.25) is 9.78 Å². The molecule has 0 spiro atoms. The molecule has 33 heavy (non-hydrogen) atoms. The average Bonchev–Trinajstić information content (AvgIpc) is 2.85. The molecular formula is C24H20ClN5O3. The number of carbonyl (C=O) groups excluding carboxylic acids is 1. The van der Waals surface area contributed by atoms with Crippen LogP contribution in [0.25, 0.3) is 11.3 Å². The van der Waals surface area contributed by atoms with Gasteiger partial charge in [-0.05, 0) is 60.7 Å². The van der Waals surface area contributed by atoms with Crippen molar-refractivity contribution in [3.63, 3.8) is 0 Å². The van der Waals surface area contributed by atoms with Crippen molar-refractivity contribution >= 4 is 34.8 Å². The van der Waals surface area contributed by atoms with Gasteiger partial charge in [-0.2, -0.15) is 0 Å². The number of methoxy groups -OCH3 is 1. The second-order valence-electron chi connectivity index (χ2n) is 6.84. The van der Waals surface area contributed by atoms with E-state index in [4.69, 9.17) is 21.1 Å². The molecule has 0 atom stereocenters. The van der Waals surface area contributed by atoms with E-state index in [1.807, 2.05) is 12.1 Å². The molecule has 2 heterocycles. The van der Waals surface area contributed by atoms with Gasteiger partial charge in [-0.15, -0.1) is 0 Å². The highest BCUT2D eigenvalue weighted by Crippen LogP contribution is 2.30. The lowest BCUT2D eigenvalue weighted by Gasteiger charge is -2.13. The Morgan fingerprint density at radius 1 is 1.06 bits per heavy atom. The number of hydrogen-bond acceptors (Lipinski definition) is 7. The molecule has 9 heteroatoms. The zero-order chi connectivity index (χ0) is 23.0. The molecule has 0 unspecified atom stereocenters. The van der Waals surface area contributed by atoms with Crippen molar-refractivity contribution < 1.29 is 14.3 Å². The summed E-state index contributed by atoms with van der Waals surface area (Å²) >= 11 is 5.86. The normalized spacial score (nSPS) is 10.4. The smallest absolute Gasteiger partial charge is 0.262 e. The summed E-state index contributed by atoms with van der Waals surface area (Å²) in [6.07, 6.45) is 5.09. The number of benzene rings is 2. The van der Waals surface area contributed by atoms with E-state index in [0.29, 0.717) is 33.8 Å². The maximum absolute atomic E-state index is 12.3. The second-order valence-corrected chi connectivity index (χ2v) is 7.27. The minimum absolute atomic E-state index is 0.146. The number of ether oxygens (including phenoxy) is 2. The molecule has 0 bridgehead atoms. The number of carbonyl (C=O) groups is 1. The lowest BCUT2D eigenvalue weighted by Crippen LogP contribution is -2.20. The van der Waals surface area contributed by atoms with Crippen LogP contribution in [0.15, 0.2) is 79.3 Å². The van der Waals surface area contributed by atoms with Crippen molar-refractivity contribution in [2.24, 2.45) is 0 Å². The standard InChI is InChI=1S/C24H20ClN5O3/c1-32-22-9-6-18(28-23(31)15-33-19-7-4-17(25)5-8-19)13-21(22)30-24-27-12-10-20(29-24)16-3-2-11-26-14-16/h2-14H,15H2,1H3,(H,28,31)(H,27,29,30). The Kier molecular flexibility index (Phi) is 6.96. The van der Waals surface area contributed by atoms with Gasteiger partial charge in [0.15, 0.2) is 6.61 Å². The Morgan fingerprint density at radius 2 is 1.91 bits per heavy atom. The summed E-state index contributed by atoms with van der Waals surface area (Å²) in [5, 5.41) is 6.55. The van der Waals surface area contributed by atoms with Crippen LogP contribution >= 0.6 is 11.6 Å². The molecule has 8 nitrogen and oxygen atoms in total. The predicted octanol–water partition coefficient (Wildman–Crippen LogP) is 4.96. The quantitative estimate of drug-likeness (QED) is 0.382. The van der Waals surface area contributed by atoms with E-state index < -0.39 is 0 Å². The minimum atomic E-state index is -0.309. The fraction of sp³-hybridized carbons (Fsp3) is 0.0833. The molecule has 0 saturated heterocycles. The average molecular weight is 462 g/mol. The first-order valence-electron chi connectivity index (χ1n) is 9.97. The number of halogens is 1. The van der Waals surface area contributed by atoms with Crippen molar-refractivity contribution in [1.29, 1.82) is 0 Å². The Balaban J connectivity index is 1.45. The third kappa shape index (κ3) is 5.96. The number of aromatic nitrogens is 3. The van der Waals surface area contributed by atoms with Gasteiger partial charge < -0.3 is 20.1 Å². The van der Waals surface area contributed by atoms with Crippen LogP contribution in [0.5, 0.6) is 11.5 Å². The highest BCUT2D eigenvalue weighted by atomic mass is 35.5. The summed E-state index contributed by atoms with van der Waals surface area (Å²) in [5.41, 5.74) is 2.75. The summed E-state index contributed by atoms with van der Waals surface area (Å²) in [6, 6.07) is 17.6. The molecule has 0 aliphatic rings. The van der Waals surface area contributed by atoms with Gasteiger partial charge in [0.1, 0.15) is 11.5 Å². The Hall–Kier alpha value is -4.17. The zero-order valence-electron chi connectivity index (χ0n) is 17.7. The lowest BCUT2D eigenvalue weighted by molar-refractivity contribution is -0.118. The predicted molar refractivity (Wildman–Crippen MR) is 127 cm³/mol. The lowest BCUT2D eigenvalue weighted by atomic mass is 10.2. The largest absolute Gasteiger partial charge is 0.495 e. The molecule has 4 rings (SSSR count). The van der Waals surface area contributed by atoms with E-state index in [1.165, 1.54) is 0 Å². The first kappa shape index (κ1) is 22.0. The van der Waals surface area contributed by atoms with Crippen LogP contribution in [0, 0.1) is 0 Å². The number of rotatable bonds is 8. The van der Waals surface area contributed by atoms with Gasteiger partial charge in [-0.1, -0.05) is 11.6 Å². The molecule has 2 aromatic heterocycles. The number of amides is 1. The van der Waals surface area contributed by atoms with Crippen LogP contribution in [0.2, 0.25) is 5.02 Å². The van der Waals surface area contributed by atoms with Crippen LogP contribution in [0.3, 0.4) is 0 Å². The Bertz CT molecular complexity index is 1240. The van der Waals surface area contributed by atoms with E-state index in [0.717, 1.165) is 11.3 Å². The summed E-state index contributed by atoms with van der Waals surface area (Å²) in [5.74, 6) is 1.19. The Morgan fingerprint density at radius 3 is 2.67 bits per heavy atom. The van der Waals surface area contributed by atoms with Gasteiger partial charge in [0.25, 0.3) is 5.91 Å². The minimum Gasteiger partial charge on any atom is -0.495 e. The van der Waals surface area contributed by atoms with E-state index in [1.54, 1.807) is 74.2 Å². The second kappa shape index (κ2) is 10.4. The van der Waals surface area contributed by atoms with Crippen molar-refractivity contribution in [1.82, 2.24) is 15.0 Å². The van der Waals surface area contributed by atoms with Crippen LogP contribution in [0.1, 0.15) is 0 Å². The third-order valence-electron chi connectivity index (χ3n) is 4.53. The maximum atomic E-state index is 12.3. The zero-order valence-corrected chi connectivity index (χ0v) is 18.4. The fourth-order valence-corrected chi connectivity index (χ4v) is 3.10. The molecule has 0 fully saturated rings. The van der Waals surface area contributed by atoms with Crippen molar-refractivity contribution in [3.05, 3.63) is 84.3 Å². The summed E-state index contributed by atoms with van der Waals surface area (Å²) in [4.78, 5) is 25.3. The third-order valence-corrected chi connectivity index (χ3v) is 4.78. The summed E-state index contributed by atoms with van der Waals surface area (Å²) in [6.45, 7) is -0.146. The Labute approximate surface area is 195 Å². The van der Waals surface area contributed by atoms with E-state index >= 15 is 0 Å². The highest BCUT2D eigenvalue weighted by Gasteiger charge is 2.10. The molecule has 0 saturated carbocycles. The highest BCUT2D eigenvalue weighted by molar-refractivity contribution is 6.30. The van der Waals surface area contributed by atoms with Crippen LogP contribution < -0.4 is 20.1 Å². The molecule has 4 aromatic rings. The fourth-order valence-electron chi connectivity index (χ4n) is 2.97. The topological polar surface area (TPSA) is 98.3 Å². The van der Waals surface area contributed by atoms with E-state index in [9.17, 15) is 4.79 Å². The molecule has 1 amide bonds. The number of hydrogen-bond donors (Lipinski definition) is 2. The van der Waals surface area contributed by atoms with Gasteiger partial charge in [0, 0.05) is 34.9 Å². The monoisotopic (exact) mass is 461 g/mol. The first-order chi connectivity index (χ1) is 16.1. The SMILES string of the molecule is COc1ccc(NC(=O)COc2ccc(Cl)cc2)cc1Nc1nccc(-c2cccnc2)n1. The molecule has 0 radical (unpaired) electrons. The number of pyridine rings is 1. The van der Waals surface area contributed by atoms with Crippen LogP contribution in [-0.4, -0.2) is 34.6 Å². The van der Waals surface area contributed by atoms with Crippen molar-refractivity contribution in [2.75, 3.05) is 24.4 Å². The van der Waals surface area contributed by atoms with Gasteiger partial charge in [-0.25, -0.2) is 9.97 Å². The van der Waals surface area contributed by atoms with E-state index in [2.05, 4.69) is 25.6 Å². The molecular weight excluding hydrogens is 442 g/mol. The summed E-state index contributed by atoms with van der Waals surface area (Å²) < 4.78 is 10.9. The maximum Gasteiger partial charge on any atom is 0.262 e. The molecule has 2 aromatic carbocycles. The number of anilines is 3. The molecule has 2 N–H and O–H groups in total. The molecule has 0 aliphatic carbocycles. The number of nitrogens with zero attached hydrogens (tertiary/aromatic N) is 3. The van der Waals surface area contributed by atoms with E-state index in [-0.39, 0.29) is 12.5 Å². The first-order valence-corrected chi connectivity index (χ1v) is 10.4. The van der Waals surface area contributed by atoms with Gasteiger partial charge >= 0.3 is 0 Å².